The van der Waals surface area contributed by atoms with Crippen LogP contribution in [0, 0.1) is 5.82 Å². The van der Waals surface area contributed by atoms with E-state index in [1.807, 2.05) is 0 Å². The van der Waals surface area contributed by atoms with Crippen molar-refractivity contribution >= 4 is 23.4 Å². The van der Waals surface area contributed by atoms with Gasteiger partial charge in [-0.2, -0.15) is 0 Å². The molecule has 2 N–H and O–H groups in total. The Morgan fingerprint density at radius 3 is 2.85 bits per heavy atom. The average molecular weight is 297 g/mol. The number of rotatable bonds is 6. The van der Waals surface area contributed by atoms with Crippen LogP contribution in [-0.2, 0) is 11.3 Å². The van der Waals surface area contributed by atoms with E-state index in [1.54, 1.807) is 0 Å². The van der Waals surface area contributed by atoms with E-state index in [9.17, 15) is 9.18 Å². The second-order valence-electron chi connectivity index (χ2n) is 3.75. The standard InChI is InChI=1S/C11H12FN5O2S/c12-8-1-3-9(4-2-8)13-10(19)7-20-11-14-15-16-17(11)5-6-18/h1-4,18H,5-7H2,(H,13,19). The highest BCUT2D eigenvalue weighted by molar-refractivity contribution is 7.99. The molecule has 0 radical (unpaired) electrons. The molecule has 106 valence electrons. The predicted octanol–water partition coefficient (Wildman–Crippen LogP) is 0.535. The van der Waals surface area contributed by atoms with Crippen molar-refractivity contribution in [3.63, 3.8) is 0 Å². The van der Waals surface area contributed by atoms with Crippen LogP contribution in [0.1, 0.15) is 0 Å². The second-order valence-corrected chi connectivity index (χ2v) is 4.69. The summed E-state index contributed by atoms with van der Waals surface area (Å²) in [6.07, 6.45) is 0. The van der Waals surface area contributed by atoms with E-state index in [2.05, 4.69) is 20.8 Å². The molecule has 0 fully saturated rings. The van der Waals surface area contributed by atoms with Gasteiger partial charge in [0.2, 0.25) is 11.1 Å². The molecule has 0 aliphatic rings. The molecular formula is C11H12FN5O2S. The summed E-state index contributed by atoms with van der Waals surface area (Å²) < 4.78 is 14.1. The Morgan fingerprint density at radius 2 is 2.15 bits per heavy atom. The smallest absolute Gasteiger partial charge is 0.234 e. The van der Waals surface area contributed by atoms with Gasteiger partial charge in [-0.1, -0.05) is 11.8 Å². The number of carbonyl (C=O) groups is 1. The molecule has 1 amide bonds. The van der Waals surface area contributed by atoms with E-state index in [1.165, 1.54) is 28.9 Å². The van der Waals surface area contributed by atoms with Crippen molar-refractivity contribution in [3.8, 4) is 0 Å². The molecule has 9 heteroatoms. The highest BCUT2D eigenvalue weighted by Crippen LogP contribution is 2.14. The molecule has 1 aromatic carbocycles. The number of aliphatic hydroxyl groups excluding tert-OH is 1. The Hall–Kier alpha value is -2.00. The predicted molar refractivity (Wildman–Crippen MR) is 70.7 cm³/mol. The first kappa shape index (κ1) is 14.4. The van der Waals surface area contributed by atoms with Gasteiger partial charge in [0, 0.05) is 5.69 Å². The molecule has 2 aromatic rings. The van der Waals surface area contributed by atoms with Crippen LogP contribution < -0.4 is 5.32 Å². The van der Waals surface area contributed by atoms with Gasteiger partial charge in [-0.3, -0.25) is 4.79 Å². The zero-order valence-electron chi connectivity index (χ0n) is 10.4. The lowest BCUT2D eigenvalue weighted by atomic mass is 10.3. The maximum atomic E-state index is 12.7. The fourth-order valence-corrected chi connectivity index (χ4v) is 2.10. The lowest BCUT2D eigenvalue weighted by molar-refractivity contribution is -0.113. The van der Waals surface area contributed by atoms with Gasteiger partial charge in [0.05, 0.1) is 18.9 Å². The minimum atomic E-state index is -0.361. The lowest BCUT2D eigenvalue weighted by Crippen LogP contribution is -2.15. The summed E-state index contributed by atoms with van der Waals surface area (Å²) in [6.45, 7) is 0.190. The largest absolute Gasteiger partial charge is 0.394 e. The van der Waals surface area contributed by atoms with Gasteiger partial charge < -0.3 is 10.4 Å². The third-order valence-electron chi connectivity index (χ3n) is 2.27. The average Bonchev–Trinajstić information content (AvgIpc) is 2.87. The number of nitrogens with one attached hydrogen (secondary N) is 1. The van der Waals surface area contributed by atoms with E-state index in [4.69, 9.17) is 5.11 Å². The first-order valence-electron chi connectivity index (χ1n) is 5.74. The van der Waals surface area contributed by atoms with Gasteiger partial charge in [0.25, 0.3) is 0 Å². The number of amides is 1. The van der Waals surface area contributed by atoms with Gasteiger partial charge >= 0.3 is 0 Å². The molecule has 0 aliphatic heterocycles. The van der Waals surface area contributed by atoms with Crippen LogP contribution in [0.3, 0.4) is 0 Å². The summed E-state index contributed by atoms with van der Waals surface area (Å²) in [6, 6.07) is 5.50. The number of anilines is 1. The first-order chi connectivity index (χ1) is 9.69. The van der Waals surface area contributed by atoms with Crippen molar-refractivity contribution in [2.75, 3.05) is 17.7 Å². The molecule has 1 aromatic heterocycles. The summed E-state index contributed by atoms with van der Waals surface area (Å²) in [5.41, 5.74) is 0.520. The van der Waals surface area contributed by atoms with Crippen molar-refractivity contribution in [1.29, 1.82) is 0 Å². The van der Waals surface area contributed by atoms with Crippen LogP contribution in [0.15, 0.2) is 29.4 Å². The van der Waals surface area contributed by atoms with E-state index < -0.39 is 0 Å². The maximum Gasteiger partial charge on any atom is 0.234 e. The van der Waals surface area contributed by atoms with E-state index in [0.717, 1.165) is 11.8 Å². The molecule has 20 heavy (non-hydrogen) atoms. The molecule has 0 bridgehead atoms. The van der Waals surface area contributed by atoms with E-state index in [0.29, 0.717) is 10.8 Å². The third kappa shape index (κ3) is 4.00. The Balaban J connectivity index is 1.85. The molecule has 0 saturated carbocycles. The minimum Gasteiger partial charge on any atom is -0.394 e. The lowest BCUT2D eigenvalue weighted by Gasteiger charge is -2.05. The molecule has 1 heterocycles. The molecule has 2 rings (SSSR count). The topological polar surface area (TPSA) is 92.9 Å². The number of thioether (sulfide) groups is 1. The monoisotopic (exact) mass is 297 g/mol. The zero-order valence-corrected chi connectivity index (χ0v) is 11.2. The Labute approximate surface area is 118 Å². The third-order valence-corrected chi connectivity index (χ3v) is 3.23. The van der Waals surface area contributed by atoms with Gasteiger partial charge in [-0.25, -0.2) is 9.07 Å². The van der Waals surface area contributed by atoms with Gasteiger partial charge in [-0.15, -0.1) is 5.10 Å². The summed E-state index contributed by atoms with van der Waals surface area (Å²) in [7, 11) is 0. The first-order valence-corrected chi connectivity index (χ1v) is 6.73. The fraction of sp³-hybridized carbons (Fsp3) is 0.273. The number of carbonyl (C=O) groups excluding carboxylic acids is 1. The highest BCUT2D eigenvalue weighted by Gasteiger charge is 2.09. The van der Waals surface area contributed by atoms with E-state index >= 15 is 0 Å². The molecule has 0 saturated heterocycles. The number of aliphatic hydroxyl groups is 1. The summed E-state index contributed by atoms with van der Waals surface area (Å²) in [5, 5.41) is 22.8. The number of aromatic nitrogens is 4. The van der Waals surface area contributed by atoms with Crippen molar-refractivity contribution in [2.24, 2.45) is 0 Å². The number of hydrogen-bond acceptors (Lipinski definition) is 6. The second kappa shape index (κ2) is 6.96. The number of hydrogen-bond donors (Lipinski definition) is 2. The summed E-state index contributed by atoms with van der Waals surface area (Å²) in [4.78, 5) is 11.7. The Kier molecular flexibility index (Phi) is 5.02. The molecule has 0 unspecified atom stereocenters. The minimum absolute atomic E-state index is 0.0830. The normalized spacial score (nSPS) is 10.5. The fourth-order valence-electron chi connectivity index (χ4n) is 1.40. The molecule has 0 spiro atoms. The van der Waals surface area contributed by atoms with E-state index in [-0.39, 0.29) is 30.6 Å². The summed E-state index contributed by atoms with van der Waals surface area (Å²) >= 11 is 1.15. The van der Waals surface area contributed by atoms with Crippen LogP contribution in [0.4, 0.5) is 10.1 Å². The Bertz CT molecular complexity index is 574. The van der Waals surface area contributed by atoms with Crippen molar-refractivity contribution in [1.82, 2.24) is 20.2 Å². The maximum absolute atomic E-state index is 12.7. The van der Waals surface area contributed by atoms with Crippen molar-refractivity contribution < 1.29 is 14.3 Å². The van der Waals surface area contributed by atoms with Crippen LogP contribution in [0.5, 0.6) is 0 Å². The van der Waals surface area contributed by atoms with Crippen LogP contribution in [0.2, 0.25) is 0 Å². The quantitative estimate of drug-likeness (QED) is 0.756. The van der Waals surface area contributed by atoms with Crippen LogP contribution in [0.25, 0.3) is 0 Å². The SMILES string of the molecule is O=C(CSc1nnnn1CCO)Nc1ccc(F)cc1. The number of halogens is 1. The van der Waals surface area contributed by atoms with Crippen molar-refractivity contribution in [2.45, 2.75) is 11.7 Å². The number of benzene rings is 1. The van der Waals surface area contributed by atoms with Crippen LogP contribution >= 0.6 is 11.8 Å². The van der Waals surface area contributed by atoms with Gasteiger partial charge in [0.1, 0.15) is 5.82 Å². The van der Waals surface area contributed by atoms with Gasteiger partial charge in [0.15, 0.2) is 0 Å². The molecular weight excluding hydrogens is 285 g/mol. The molecule has 0 aliphatic carbocycles. The Morgan fingerprint density at radius 1 is 1.40 bits per heavy atom. The van der Waals surface area contributed by atoms with Crippen molar-refractivity contribution in [3.05, 3.63) is 30.1 Å². The van der Waals surface area contributed by atoms with Crippen LogP contribution in [-0.4, -0.2) is 43.6 Å². The number of nitrogens with zero attached hydrogens (tertiary/aromatic N) is 4. The number of tetrazole rings is 1. The van der Waals surface area contributed by atoms with Gasteiger partial charge in [-0.05, 0) is 34.7 Å². The highest BCUT2D eigenvalue weighted by atomic mass is 32.2. The molecule has 0 atom stereocenters. The summed E-state index contributed by atoms with van der Waals surface area (Å²) in [5.74, 6) is -0.496. The molecule has 7 nitrogen and oxygen atoms in total. The zero-order chi connectivity index (χ0) is 14.4.